The summed E-state index contributed by atoms with van der Waals surface area (Å²) in [6, 6.07) is 7.23. The number of imide groups is 1. The first kappa shape index (κ1) is 18.0. The number of fused-ring (bicyclic) bond motifs is 1. The van der Waals surface area contributed by atoms with Crippen molar-refractivity contribution in [2.45, 2.75) is 12.8 Å². The first-order chi connectivity index (χ1) is 12.6. The lowest BCUT2D eigenvalue weighted by molar-refractivity contribution is -0.143. The molecule has 3 rings (SSSR count). The number of nitrogens with one attached hydrogen (secondary N) is 1. The van der Waals surface area contributed by atoms with E-state index in [1.807, 2.05) is 24.3 Å². The Morgan fingerprint density at radius 3 is 2.35 bits per heavy atom. The van der Waals surface area contributed by atoms with Gasteiger partial charge in [-0.25, -0.2) is 0 Å². The van der Waals surface area contributed by atoms with Crippen LogP contribution in [0, 0.1) is 11.8 Å². The van der Waals surface area contributed by atoms with Crippen LogP contribution in [0.3, 0.4) is 0 Å². The van der Waals surface area contributed by atoms with Crippen LogP contribution in [-0.4, -0.2) is 49.4 Å². The molecule has 2 aliphatic rings. The Morgan fingerprint density at radius 2 is 1.73 bits per heavy atom. The molecule has 1 fully saturated rings. The van der Waals surface area contributed by atoms with E-state index in [9.17, 15) is 14.4 Å². The average molecular weight is 358 g/mol. The SMILES string of the molecule is COc1ccccc1OCCNC(=O)CN1C(=O)C2CC=CCC2C1=O. The zero-order valence-corrected chi connectivity index (χ0v) is 14.6. The third-order valence-corrected chi connectivity index (χ3v) is 4.65. The van der Waals surface area contributed by atoms with E-state index < -0.39 is 0 Å². The Balaban J connectivity index is 1.45. The van der Waals surface area contributed by atoms with Gasteiger partial charge < -0.3 is 14.8 Å². The molecule has 3 amide bonds. The van der Waals surface area contributed by atoms with Gasteiger partial charge in [-0.05, 0) is 25.0 Å². The summed E-state index contributed by atoms with van der Waals surface area (Å²) < 4.78 is 10.8. The highest BCUT2D eigenvalue weighted by atomic mass is 16.5. The van der Waals surface area contributed by atoms with Gasteiger partial charge in [-0.1, -0.05) is 24.3 Å². The van der Waals surface area contributed by atoms with Gasteiger partial charge in [0.1, 0.15) is 13.2 Å². The molecular formula is C19H22N2O5. The third kappa shape index (κ3) is 3.71. The summed E-state index contributed by atoms with van der Waals surface area (Å²) in [4.78, 5) is 37.8. The molecule has 7 nitrogen and oxygen atoms in total. The van der Waals surface area contributed by atoms with Crippen LogP contribution in [0.2, 0.25) is 0 Å². The van der Waals surface area contributed by atoms with Gasteiger partial charge >= 0.3 is 0 Å². The largest absolute Gasteiger partial charge is 0.493 e. The molecule has 1 N–H and O–H groups in total. The van der Waals surface area contributed by atoms with Crippen molar-refractivity contribution in [3.63, 3.8) is 0 Å². The average Bonchev–Trinajstić information content (AvgIpc) is 2.91. The van der Waals surface area contributed by atoms with E-state index in [1.165, 1.54) is 0 Å². The summed E-state index contributed by atoms with van der Waals surface area (Å²) in [5.74, 6) is -0.283. The Labute approximate surface area is 151 Å². The van der Waals surface area contributed by atoms with E-state index in [-0.39, 0.29) is 49.3 Å². The summed E-state index contributed by atoms with van der Waals surface area (Å²) in [6.45, 7) is 0.282. The second-order valence-electron chi connectivity index (χ2n) is 6.27. The molecule has 0 spiro atoms. The van der Waals surface area contributed by atoms with Crippen LogP contribution < -0.4 is 14.8 Å². The third-order valence-electron chi connectivity index (χ3n) is 4.65. The number of nitrogens with zero attached hydrogens (tertiary/aromatic N) is 1. The number of allylic oxidation sites excluding steroid dienone is 2. The number of methoxy groups -OCH3 is 1. The Kier molecular flexibility index (Phi) is 5.55. The van der Waals surface area contributed by atoms with Crippen molar-refractivity contribution in [2.24, 2.45) is 11.8 Å². The molecule has 26 heavy (non-hydrogen) atoms. The van der Waals surface area contributed by atoms with Crippen molar-refractivity contribution in [1.82, 2.24) is 10.2 Å². The van der Waals surface area contributed by atoms with E-state index in [1.54, 1.807) is 19.2 Å². The van der Waals surface area contributed by atoms with Gasteiger partial charge in [0.05, 0.1) is 25.5 Å². The summed E-state index contributed by atoms with van der Waals surface area (Å²) in [6.07, 6.45) is 4.98. The maximum Gasteiger partial charge on any atom is 0.240 e. The lowest BCUT2D eigenvalue weighted by atomic mass is 9.85. The van der Waals surface area contributed by atoms with Crippen molar-refractivity contribution in [3.05, 3.63) is 36.4 Å². The minimum atomic E-state index is -0.373. The van der Waals surface area contributed by atoms with Crippen LogP contribution in [0.15, 0.2) is 36.4 Å². The molecule has 1 aromatic carbocycles. The monoisotopic (exact) mass is 358 g/mol. The minimum absolute atomic E-state index is 0.237. The van der Waals surface area contributed by atoms with Crippen LogP contribution in [0.4, 0.5) is 0 Å². The predicted molar refractivity (Wildman–Crippen MR) is 93.6 cm³/mol. The van der Waals surface area contributed by atoms with Crippen LogP contribution >= 0.6 is 0 Å². The quantitative estimate of drug-likeness (QED) is 0.449. The van der Waals surface area contributed by atoms with Gasteiger partial charge in [-0.15, -0.1) is 0 Å². The second kappa shape index (κ2) is 8.03. The normalized spacial score (nSPS) is 21.5. The lowest BCUT2D eigenvalue weighted by Crippen LogP contribution is -2.42. The maximum atomic E-state index is 12.3. The highest BCUT2D eigenvalue weighted by Crippen LogP contribution is 2.34. The number of carbonyl (C=O) groups excluding carboxylic acids is 3. The van der Waals surface area contributed by atoms with E-state index in [4.69, 9.17) is 9.47 Å². The van der Waals surface area contributed by atoms with Crippen molar-refractivity contribution in [2.75, 3.05) is 26.8 Å². The Morgan fingerprint density at radius 1 is 1.12 bits per heavy atom. The van der Waals surface area contributed by atoms with Crippen LogP contribution in [-0.2, 0) is 14.4 Å². The molecular weight excluding hydrogens is 336 g/mol. The molecule has 7 heteroatoms. The number of ether oxygens (including phenoxy) is 2. The van der Waals surface area contributed by atoms with Gasteiger partial charge in [0.15, 0.2) is 11.5 Å². The summed E-state index contributed by atoms with van der Waals surface area (Å²) in [7, 11) is 1.56. The van der Waals surface area contributed by atoms with E-state index in [2.05, 4.69) is 5.32 Å². The maximum absolute atomic E-state index is 12.3. The molecule has 0 radical (unpaired) electrons. The number of benzene rings is 1. The first-order valence-corrected chi connectivity index (χ1v) is 8.64. The van der Waals surface area contributed by atoms with Crippen LogP contribution in [0.1, 0.15) is 12.8 Å². The highest BCUT2D eigenvalue weighted by molar-refractivity contribution is 6.07. The van der Waals surface area contributed by atoms with Gasteiger partial charge in [-0.2, -0.15) is 0 Å². The van der Waals surface area contributed by atoms with Crippen LogP contribution in [0.5, 0.6) is 11.5 Å². The standard InChI is InChI=1S/C19H22N2O5/c1-25-15-8-4-5-9-16(15)26-11-10-20-17(22)12-21-18(23)13-6-2-3-7-14(13)19(21)24/h2-5,8-9,13-14H,6-7,10-12H2,1H3,(H,20,22). The van der Waals surface area contributed by atoms with Gasteiger partial charge in [0, 0.05) is 0 Å². The van der Waals surface area contributed by atoms with Crippen molar-refractivity contribution >= 4 is 17.7 Å². The number of hydrogen-bond donors (Lipinski definition) is 1. The molecule has 0 aromatic heterocycles. The number of amides is 3. The molecule has 1 heterocycles. The molecule has 0 bridgehead atoms. The fourth-order valence-electron chi connectivity index (χ4n) is 3.31. The van der Waals surface area contributed by atoms with Gasteiger partial charge in [0.25, 0.3) is 0 Å². The van der Waals surface area contributed by atoms with E-state index in [0.29, 0.717) is 24.3 Å². The molecule has 138 valence electrons. The number of likely N-dealkylation sites (tertiary alicyclic amines) is 1. The van der Waals surface area contributed by atoms with Crippen molar-refractivity contribution < 1.29 is 23.9 Å². The van der Waals surface area contributed by atoms with E-state index in [0.717, 1.165) is 4.90 Å². The number of rotatable bonds is 7. The Bertz CT molecular complexity index is 704. The number of carbonyl (C=O) groups is 3. The highest BCUT2D eigenvalue weighted by Gasteiger charge is 2.47. The minimum Gasteiger partial charge on any atom is -0.493 e. The first-order valence-electron chi connectivity index (χ1n) is 8.64. The molecule has 1 aromatic rings. The van der Waals surface area contributed by atoms with Crippen LogP contribution in [0.25, 0.3) is 0 Å². The predicted octanol–water partition coefficient (Wildman–Crippen LogP) is 1.14. The summed E-state index contributed by atoms with van der Waals surface area (Å²) in [5, 5.41) is 2.67. The summed E-state index contributed by atoms with van der Waals surface area (Å²) in [5.41, 5.74) is 0. The van der Waals surface area contributed by atoms with Crippen molar-refractivity contribution in [1.29, 1.82) is 0 Å². The lowest BCUT2D eigenvalue weighted by Gasteiger charge is -2.15. The van der Waals surface area contributed by atoms with Gasteiger partial charge in [-0.3, -0.25) is 19.3 Å². The summed E-state index contributed by atoms with van der Waals surface area (Å²) >= 11 is 0. The zero-order chi connectivity index (χ0) is 18.5. The van der Waals surface area contributed by atoms with Gasteiger partial charge in [0.2, 0.25) is 17.7 Å². The Hall–Kier alpha value is -2.83. The molecule has 2 unspecified atom stereocenters. The molecule has 0 saturated carbocycles. The molecule has 1 aliphatic heterocycles. The van der Waals surface area contributed by atoms with Crippen molar-refractivity contribution in [3.8, 4) is 11.5 Å². The smallest absolute Gasteiger partial charge is 0.240 e. The molecule has 1 saturated heterocycles. The number of hydrogen-bond acceptors (Lipinski definition) is 5. The number of para-hydroxylation sites is 2. The fraction of sp³-hybridized carbons (Fsp3) is 0.421. The fourth-order valence-corrected chi connectivity index (χ4v) is 3.31. The molecule has 1 aliphatic carbocycles. The zero-order valence-electron chi connectivity index (χ0n) is 14.6. The second-order valence-corrected chi connectivity index (χ2v) is 6.27. The topological polar surface area (TPSA) is 84.9 Å². The van der Waals surface area contributed by atoms with E-state index >= 15 is 0 Å². The molecule has 2 atom stereocenters.